The molecular formula is C12H18N2O3S. The zero-order valence-electron chi connectivity index (χ0n) is 10.5. The molecule has 0 radical (unpaired) electrons. The van der Waals surface area contributed by atoms with Crippen LogP contribution in [-0.4, -0.2) is 59.7 Å². The maximum Gasteiger partial charge on any atom is 0.159 e. The molecule has 1 aliphatic carbocycles. The van der Waals surface area contributed by atoms with Crippen LogP contribution >= 0.6 is 11.8 Å². The van der Waals surface area contributed by atoms with E-state index in [2.05, 4.69) is 4.99 Å². The zero-order valence-corrected chi connectivity index (χ0v) is 11.3. The van der Waals surface area contributed by atoms with Gasteiger partial charge in [0.15, 0.2) is 5.17 Å². The molecule has 0 spiro atoms. The molecule has 1 aliphatic heterocycles. The van der Waals surface area contributed by atoms with Crippen molar-refractivity contribution in [2.75, 3.05) is 20.7 Å². The van der Waals surface area contributed by atoms with Gasteiger partial charge in [0.25, 0.3) is 0 Å². The number of thioether (sulfide) groups is 1. The summed E-state index contributed by atoms with van der Waals surface area (Å²) in [6, 6.07) is -0.122. The van der Waals surface area contributed by atoms with Gasteiger partial charge in [-0.2, -0.15) is 0 Å². The quantitative estimate of drug-likeness (QED) is 0.733. The molecule has 2 rings (SSSR count). The van der Waals surface area contributed by atoms with Crippen molar-refractivity contribution < 1.29 is 14.7 Å². The number of aldehydes is 2. The topological polar surface area (TPSA) is 70.0 Å². The molecule has 2 aliphatic rings. The van der Waals surface area contributed by atoms with E-state index in [1.807, 2.05) is 19.0 Å². The molecule has 5 atom stereocenters. The summed E-state index contributed by atoms with van der Waals surface area (Å²) in [5, 5.41) is 10.5. The second-order valence-corrected chi connectivity index (χ2v) is 6.26. The van der Waals surface area contributed by atoms with Crippen LogP contribution in [0.5, 0.6) is 0 Å². The van der Waals surface area contributed by atoms with E-state index in [0.717, 1.165) is 24.2 Å². The highest BCUT2D eigenvalue weighted by Gasteiger charge is 2.48. The van der Waals surface area contributed by atoms with Gasteiger partial charge in [-0.1, -0.05) is 11.8 Å². The normalized spacial score (nSPS) is 38.8. The third kappa shape index (κ3) is 2.19. The first-order valence-electron chi connectivity index (χ1n) is 6.05. The maximum absolute atomic E-state index is 11.3. The number of aliphatic imine (C=N–C) groups is 1. The van der Waals surface area contributed by atoms with E-state index in [9.17, 15) is 14.7 Å². The van der Waals surface area contributed by atoms with Gasteiger partial charge in [0.1, 0.15) is 12.6 Å². The van der Waals surface area contributed by atoms with Gasteiger partial charge in [0.05, 0.1) is 6.04 Å². The minimum absolute atomic E-state index is 0.0468. The number of carbonyl (C=O) groups is 2. The van der Waals surface area contributed by atoms with Gasteiger partial charge in [-0.3, -0.25) is 4.99 Å². The highest BCUT2D eigenvalue weighted by molar-refractivity contribution is 8.14. The average Bonchev–Trinajstić information content (AvgIpc) is 2.79. The number of nitrogens with zero attached hydrogens (tertiary/aromatic N) is 2. The van der Waals surface area contributed by atoms with Crippen LogP contribution in [0.2, 0.25) is 0 Å². The lowest BCUT2D eigenvalue weighted by Gasteiger charge is -2.37. The lowest BCUT2D eigenvalue weighted by molar-refractivity contribution is -0.124. The van der Waals surface area contributed by atoms with E-state index in [0.29, 0.717) is 0 Å². The molecule has 0 aromatic heterocycles. The molecule has 18 heavy (non-hydrogen) atoms. The van der Waals surface area contributed by atoms with E-state index in [4.69, 9.17) is 0 Å². The monoisotopic (exact) mass is 270 g/mol. The van der Waals surface area contributed by atoms with Gasteiger partial charge < -0.3 is 19.6 Å². The van der Waals surface area contributed by atoms with Crippen LogP contribution in [0.4, 0.5) is 0 Å². The van der Waals surface area contributed by atoms with Crippen LogP contribution in [0.1, 0.15) is 6.42 Å². The summed E-state index contributed by atoms with van der Waals surface area (Å²) in [6.07, 6.45) is 2.38. The Hall–Kier alpha value is -0.880. The first-order chi connectivity index (χ1) is 8.62. The summed E-state index contributed by atoms with van der Waals surface area (Å²) in [5.74, 6) is -0.925. The molecule has 1 saturated carbocycles. The molecular weight excluding hydrogens is 252 g/mol. The molecule has 0 aromatic carbocycles. The SMILES string of the molecule is CN(C)C1=NC2C(CC(CO)C(C=O)C2C=O)S1. The number of aliphatic hydroxyl groups is 1. The van der Waals surface area contributed by atoms with E-state index >= 15 is 0 Å². The van der Waals surface area contributed by atoms with Gasteiger partial charge in [0, 0.05) is 37.8 Å². The molecule has 0 saturated heterocycles. The van der Waals surface area contributed by atoms with Crippen LogP contribution in [-0.2, 0) is 9.59 Å². The first-order valence-corrected chi connectivity index (χ1v) is 6.93. The Labute approximate surface area is 111 Å². The van der Waals surface area contributed by atoms with Gasteiger partial charge in [0.2, 0.25) is 0 Å². The lowest BCUT2D eigenvalue weighted by atomic mass is 9.71. The Bertz CT molecular complexity index is 372. The number of hydrogen-bond donors (Lipinski definition) is 1. The Kier molecular flexibility index (Phi) is 4.07. The summed E-state index contributed by atoms with van der Waals surface area (Å²) in [7, 11) is 3.83. The Balaban J connectivity index is 2.26. The molecule has 0 aromatic rings. The largest absolute Gasteiger partial charge is 0.396 e. The van der Waals surface area contributed by atoms with Crippen molar-refractivity contribution in [2.45, 2.75) is 17.7 Å². The summed E-state index contributed by atoms with van der Waals surface area (Å²) in [4.78, 5) is 28.9. The second-order valence-electron chi connectivity index (χ2n) is 5.06. The van der Waals surface area contributed by atoms with Crippen molar-refractivity contribution >= 4 is 29.5 Å². The molecule has 1 heterocycles. The van der Waals surface area contributed by atoms with Crippen molar-refractivity contribution in [3.8, 4) is 0 Å². The molecule has 5 unspecified atom stereocenters. The zero-order chi connectivity index (χ0) is 13.3. The summed E-state index contributed by atoms with van der Waals surface area (Å²) < 4.78 is 0. The summed E-state index contributed by atoms with van der Waals surface area (Å²) in [5.41, 5.74) is 0. The predicted octanol–water partition coefficient (Wildman–Crippen LogP) is 0.0304. The third-order valence-electron chi connectivity index (χ3n) is 3.75. The standard InChI is InChI=1S/C12H18N2O3S/c1-14(2)12-13-11-9(6-17)8(5-16)7(4-15)3-10(11)18-12/h5-11,15H,3-4H2,1-2H3. The van der Waals surface area contributed by atoms with Crippen molar-refractivity contribution in [3.05, 3.63) is 0 Å². The van der Waals surface area contributed by atoms with Gasteiger partial charge in [-0.05, 0) is 12.3 Å². The van der Waals surface area contributed by atoms with Crippen LogP contribution in [0.25, 0.3) is 0 Å². The lowest BCUT2D eigenvalue weighted by Crippen LogP contribution is -2.45. The van der Waals surface area contributed by atoms with Crippen LogP contribution in [0.3, 0.4) is 0 Å². The fraction of sp³-hybridized carbons (Fsp3) is 0.750. The van der Waals surface area contributed by atoms with Gasteiger partial charge in [-0.15, -0.1) is 0 Å². The average molecular weight is 270 g/mol. The first kappa shape index (κ1) is 13.5. The number of amidine groups is 1. The smallest absolute Gasteiger partial charge is 0.159 e. The number of hydrogen-bond acceptors (Lipinski definition) is 6. The van der Waals surface area contributed by atoms with Crippen molar-refractivity contribution in [2.24, 2.45) is 22.7 Å². The maximum atomic E-state index is 11.3. The number of fused-ring (bicyclic) bond motifs is 1. The fourth-order valence-corrected chi connectivity index (χ4v) is 4.14. The van der Waals surface area contributed by atoms with E-state index in [1.54, 1.807) is 11.8 Å². The van der Waals surface area contributed by atoms with Crippen LogP contribution in [0, 0.1) is 17.8 Å². The Morgan fingerprint density at radius 1 is 1.39 bits per heavy atom. The number of carbonyl (C=O) groups excluding carboxylic acids is 2. The Morgan fingerprint density at radius 3 is 2.56 bits per heavy atom. The molecule has 0 amide bonds. The minimum Gasteiger partial charge on any atom is -0.396 e. The van der Waals surface area contributed by atoms with E-state index in [1.165, 1.54) is 0 Å². The molecule has 1 fully saturated rings. The van der Waals surface area contributed by atoms with E-state index in [-0.39, 0.29) is 23.8 Å². The fourth-order valence-electron chi connectivity index (χ4n) is 2.76. The van der Waals surface area contributed by atoms with Crippen molar-refractivity contribution in [3.63, 3.8) is 0 Å². The van der Waals surface area contributed by atoms with Crippen LogP contribution in [0.15, 0.2) is 4.99 Å². The van der Waals surface area contributed by atoms with E-state index < -0.39 is 11.8 Å². The second kappa shape index (κ2) is 5.40. The molecule has 6 heteroatoms. The Morgan fingerprint density at radius 2 is 2.06 bits per heavy atom. The molecule has 1 N–H and O–H groups in total. The highest BCUT2D eigenvalue weighted by atomic mass is 32.2. The predicted molar refractivity (Wildman–Crippen MR) is 70.6 cm³/mol. The van der Waals surface area contributed by atoms with Crippen molar-refractivity contribution in [1.29, 1.82) is 0 Å². The molecule has 100 valence electrons. The van der Waals surface area contributed by atoms with Crippen molar-refractivity contribution in [1.82, 2.24) is 4.90 Å². The highest BCUT2D eigenvalue weighted by Crippen LogP contribution is 2.44. The summed E-state index contributed by atoms with van der Waals surface area (Å²) >= 11 is 1.64. The number of rotatable bonds is 3. The molecule has 5 nitrogen and oxygen atoms in total. The number of aliphatic hydroxyl groups excluding tert-OH is 1. The van der Waals surface area contributed by atoms with Gasteiger partial charge >= 0.3 is 0 Å². The third-order valence-corrected chi connectivity index (χ3v) is 5.20. The van der Waals surface area contributed by atoms with Gasteiger partial charge in [-0.25, -0.2) is 0 Å². The van der Waals surface area contributed by atoms with Crippen LogP contribution < -0.4 is 0 Å². The summed E-state index contributed by atoms with van der Waals surface area (Å²) in [6.45, 7) is -0.0468. The molecule has 0 bridgehead atoms. The minimum atomic E-state index is -0.403.